The molecule has 2 amide bonds. The van der Waals surface area contributed by atoms with E-state index in [0.29, 0.717) is 19.5 Å². The van der Waals surface area contributed by atoms with Crippen molar-refractivity contribution in [2.45, 2.75) is 25.3 Å². The van der Waals surface area contributed by atoms with Crippen LogP contribution in [0.5, 0.6) is 0 Å². The Labute approximate surface area is 129 Å². The van der Waals surface area contributed by atoms with E-state index in [-0.39, 0.29) is 17.9 Å². The molecular weight excluding hydrogens is 286 g/mol. The Kier molecular flexibility index (Phi) is 5.76. The molecule has 0 saturated carbocycles. The van der Waals surface area contributed by atoms with Gasteiger partial charge in [0.2, 0.25) is 11.8 Å². The lowest BCUT2D eigenvalue weighted by molar-refractivity contribution is -0.142. The van der Waals surface area contributed by atoms with E-state index in [1.54, 1.807) is 28.2 Å². The van der Waals surface area contributed by atoms with Crippen LogP contribution in [0.25, 0.3) is 0 Å². The van der Waals surface area contributed by atoms with Crippen LogP contribution in [0.2, 0.25) is 0 Å². The molecule has 1 aliphatic heterocycles. The zero-order chi connectivity index (χ0) is 15.2. The molecule has 6 heteroatoms. The Bertz CT molecular complexity index is 475. The number of likely N-dealkylation sites (N-methyl/N-ethyl adjacent to an activating group) is 2. The molecule has 1 aromatic heterocycles. The first kappa shape index (κ1) is 16.0. The van der Waals surface area contributed by atoms with Crippen molar-refractivity contribution in [3.05, 3.63) is 22.4 Å². The van der Waals surface area contributed by atoms with Crippen LogP contribution >= 0.6 is 11.3 Å². The molecule has 1 saturated heterocycles. The van der Waals surface area contributed by atoms with Crippen molar-refractivity contribution in [2.75, 3.05) is 33.7 Å². The second-order valence-electron chi connectivity index (χ2n) is 5.36. The predicted molar refractivity (Wildman–Crippen MR) is 84.3 cm³/mol. The summed E-state index contributed by atoms with van der Waals surface area (Å²) in [4.78, 5) is 29.4. The van der Waals surface area contributed by atoms with E-state index in [1.807, 2.05) is 24.6 Å². The van der Waals surface area contributed by atoms with Crippen molar-refractivity contribution in [3.8, 4) is 0 Å². The SMILES string of the molecule is CNCCN(C)C(=O)C1CCCN1C(=O)Cc1cccs1. The number of thiophene rings is 1. The number of hydrogen-bond acceptors (Lipinski definition) is 4. The Morgan fingerprint density at radius 3 is 3.00 bits per heavy atom. The highest BCUT2D eigenvalue weighted by Gasteiger charge is 2.35. The number of rotatable bonds is 6. The second kappa shape index (κ2) is 7.56. The highest BCUT2D eigenvalue weighted by Crippen LogP contribution is 2.21. The van der Waals surface area contributed by atoms with Gasteiger partial charge in [-0.3, -0.25) is 9.59 Å². The molecule has 0 spiro atoms. The van der Waals surface area contributed by atoms with Gasteiger partial charge in [0.25, 0.3) is 0 Å². The number of carbonyl (C=O) groups excluding carboxylic acids is 2. The van der Waals surface area contributed by atoms with Gasteiger partial charge in [0, 0.05) is 31.6 Å². The van der Waals surface area contributed by atoms with Crippen molar-refractivity contribution >= 4 is 23.2 Å². The maximum Gasteiger partial charge on any atom is 0.245 e. The third-order valence-electron chi connectivity index (χ3n) is 3.84. The Morgan fingerprint density at radius 1 is 1.52 bits per heavy atom. The zero-order valence-corrected chi connectivity index (χ0v) is 13.5. The maximum atomic E-state index is 12.5. The van der Waals surface area contributed by atoms with Gasteiger partial charge in [-0.25, -0.2) is 0 Å². The molecular formula is C15H23N3O2S. The van der Waals surface area contributed by atoms with Crippen molar-refractivity contribution < 1.29 is 9.59 Å². The number of carbonyl (C=O) groups is 2. The molecule has 116 valence electrons. The number of nitrogens with zero attached hydrogens (tertiary/aromatic N) is 2. The molecule has 0 aromatic carbocycles. The normalized spacial score (nSPS) is 18.0. The van der Waals surface area contributed by atoms with Crippen LogP contribution in [0.1, 0.15) is 17.7 Å². The molecule has 21 heavy (non-hydrogen) atoms. The summed E-state index contributed by atoms with van der Waals surface area (Å²) in [6.07, 6.45) is 2.09. The second-order valence-corrected chi connectivity index (χ2v) is 6.40. The van der Waals surface area contributed by atoms with E-state index in [9.17, 15) is 9.59 Å². The van der Waals surface area contributed by atoms with E-state index in [0.717, 1.165) is 24.3 Å². The van der Waals surface area contributed by atoms with Gasteiger partial charge in [0.15, 0.2) is 0 Å². The fourth-order valence-corrected chi connectivity index (χ4v) is 3.33. The quantitative estimate of drug-likeness (QED) is 0.851. The van der Waals surface area contributed by atoms with Gasteiger partial charge in [0.1, 0.15) is 6.04 Å². The molecule has 1 atom stereocenters. The lowest BCUT2D eigenvalue weighted by Crippen LogP contribution is -2.48. The van der Waals surface area contributed by atoms with Gasteiger partial charge < -0.3 is 15.1 Å². The van der Waals surface area contributed by atoms with Crippen molar-refractivity contribution in [2.24, 2.45) is 0 Å². The first-order valence-electron chi connectivity index (χ1n) is 7.35. The fourth-order valence-electron chi connectivity index (χ4n) is 2.63. The highest BCUT2D eigenvalue weighted by atomic mass is 32.1. The Balaban J connectivity index is 1.95. The van der Waals surface area contributed by atoms with Crippen LogP contribution in [-0.2, 0) is 16.0 Å². The summed E-state index contributed by atoms with van der Waals surface area (Å²) in [5.41, 5.74) is 0. The van der Waals surface area contributed by atoms with Crippen LogP contribution in [0.3, 0.4) is 0 Å². The summed E-state index contributed by atoms with van der Waals surface area (Å²) in [6.45, 7) is 2.12. The van der Waals surface area contributed by atoms with Crippen LogP contribution in [-0.4, -0.2) is 61.4 Å². The molecule has 5 nitrogen and oxygen atoms in total. The molecule has 1 N–H and O–H groups in total. The van der Waals surface area contributed by atoms with E-state index in [4.69, 9.17) is 0 Å². The maximum absolute atomic E-state index is 12.5. The Morgan fingerprint density at radius 2 is 2.33 bits per heavy atom. The van der Waals surface area contributed by atoms with Gasteiger partial charge in [-0.2, -0.15) is 0 Å². The standard InChI is InChI=1S/C15H23N3O2S/c1-16-7-9-17(2)15(20)13-6-3-8-18(13)14(19)11-12-5-4-10-21-12/h4-5,10,13,16H,3,6-9,11H2,1-2H3. The van der Waals surface area contributed by atoms with Crippen LogP contribution in [0, 0.1) is 0 Å². The fraction of sp³-hybridized carbons (Fsp3) is 0.600. The molecule has 0 aliphatic carbocycles. The lowest BCUT2D eigenvalue weighted by atomic mass is 10.2. The monoisotopic (exact) mass is 309 g/mol. The van der Waals surface area contributed by atoms with E-state index in [1.165, 1.54) is 0 Å². The average Bonchev–Trinajstić information content (AvgIpc) is 3.14. The van der Waals surface area contributed by atoms with E-state index in [2.05, 4.69) is 5.32 Å². The molecule has 0 radical (unpaired) electrons. The highest BCUT2D eigenvalue weighted by molar-refractivity contribution is 7.10. The molecule has 1 aromatic rings. The minimum Gasteiger partial charge on any atom is -0.343 e. The predicted octanol–water partition coefficient (Wildman–Crippen LogP) is 0.959. The summed E-state index contributed by atoms with van der Waals surface area (Å²) in [5.74, 6) is 0.123. The first-order chi connectivity index (χ1) is 10.1. The van der Waals surface area contributed by atoms with Crippen LogP contribution in [0.15, 0.2) is 17.5 Å². The summed E-state index contributed by atoms with van der Waals surface area (Å²) >= 11 is 1.59. The summed E-state index contributed by atoms with van der Waals surface area (Å²) in [5, 5.41) is 5.01. The largest absolute Gasteiger partial charge is 0.343 e. The van der Waals surface area contributed by atoms with Crippen molar-refractivity contribution in [1.29, 1.82) is 0 Å². The van der Waals surface area contributed by atoms with Crippen LogP contribution < -0.4 is 5.32 Å². The lowest BCUT2D eigenvalue weighted by Gasteiger charge is -2.28. The first-order valence-corrected chi connectivity index (χ1v) is 8.23. The summed E-state index contributed by atoms with van der Waals surface area (Å²) < 4.78 is 0. The smallest absolute Gasteiger partial charge is 0.245 e. The third kappa shape index (κ3) is 4.04. The van der Waals surface area contributed by atoms with Gasteiger partial charge in [-0.1, -0.05) is 6.07 Å². The number of likely N-dealkylation sites (tertiary alicyclic amines) is 1. The summed E-state index contributed by atoms with van der Waals surface area (Å²) in [7, 11) is 3.67. The number of hydrogen-bond donors (Lipinski definition) is 1. The van der Waals surface area contributed by atoms with Crippen molar-refractivity contribution in [3.63, 3.8) is 0 Å². The van der Waals surface area contributed by atoms with Gasteiger partial charge in [-0.15, -0.1) is 11.3 Å². The molecule has 2 heterocycles. The molecule has 1 fully saturated rings. The zero-order valence-electron chi connectivity index (χ0n) is 12.7. The summed E-state index contributed by atoms with van der Waals surface area (Å²) in [6, 6.07) is 3.64. The van der Waals surface area contributed by atoms with Crippen molar-refractivity contribution in [1.82, 2.24) is 15.1 Å². The molecule has 0 bridgehead atoms. The van der Waals surface area contributed by atoms with Crippen LogP contribution in [0.4, 0.5) is 0 Å². The minimum absolute atomic E-state index is 0.0577. The topological polar surface area (TPSA) is 52.7 Å². The van der Waals surface area contributed by atoms with Gasteiger partial charge in [0.05, 0.1) is 6.42 Å². The molecule has 1 unspecified atom stereocenters. The Hall–Kier alpha value is -1.40. The van der Waals surface area contributed by atoms with Gasteiger partial charge >= 0.3 is 0 Å². The molecule has 2 rings (SSSR count). The van der Waals surface area contributed by atoms with Gasteiger partial charge in [-0.05, 0) is 31.3 Å². The minimum atomic E-state index is -0.278. The van der Waals surface area contributed by atoms with E-state index >= 15 is 0 Å². The molecule has 1 aliphatic rings. The third-order valence-corrected chi connectivity index (χ3v) is 4.71. The average molecular weight is 309 g/mol. The van der Waals surface area contributed by atoms with E-state index < -0.39 is 0 Å². The number of amides is 2. The number of nitrogens with one attached hydrogen (secondary N) is 1.